The van der Waals surface area contributed by atoms with Crippen molar-refractivity contribution in [3.05, 3.63) is 71.4 Å². The topological polar surface area (TPSA) is 80.9 Å². The van der Waals surface area contributed by atoms with Crippen LogP contribution in [-0.4, -0.2) is 30.8 Å². The molecule has 27 heavy (non-hydrogen) atoms. The molecule has 140 valence electrons. The molecule has 0 aliphatic heterocycles. The molecule has 3 heterocycles. The number of aromatic nitrogens is 4. The van der Waals surface area contributed by atoms with Gasteiger partial charge in [-0.25, -0.2) is 19.4 Å². The van der Waals surface area contributed by atoms with Crippen LogP contribution in [0.2, 0.25) is 0 Å². The van der Waals surface area contributed by atoms with E-state index >= 15 is 0 Å². The van der Waals surface area contributed by atoms with Crippen LogP contribution in [0.3, 0.4) is 0 Å². The second-order valence-electron chi connectivity index (χ2n) is 6.36. The van der Waals surface area contributed by atoms with E-state index in [1.165, 1.54) is 18.3 Å². The SMILES string of the molecule is CC(C)(c1cccc(C(=O)O)n1)c1cccc(-n2ccc(C(F)(F)F)n2)n1. The Bertz CT molecular complexity index is 996. The second-order valence-corrected chi connectivity index (χ2v) is 6.36. The zero-order chi connectivity index (χ0) is 19.8. The number of aromatic carboxylic acids is 1. The van der Waals surface area contributed by atoms with Crippen molar-refractivity contribution in [3.63, 3.8) is 0 Å². The molecule has 0 aromatic carbocycles. The highest BCUT2D eigenvalue weighted by Crippen LogP contribution is 2.30. The van der Waals surface area contributed by atoms with Crippen LogP contribution >= 0.6 is 0 Å². The predicted molar refractivity (Wildman–Crippen MR) is 89.7 cm³/mol. The summed E-state index contributed by atoms with van der Waals surface area (Å²) >= 11 is 0. The lowest BCUT2D eigenvalue weighted by Gasteiger charge is -2.24. The number of pyridine rings is 2. The summed E-state index contributed by atoms with van der Waals surface area (Å²) in [5.74, 6) is -0.934. The maximum atomic E-state index is 12.8. The second kappa shape index (κ2) is 6.49. The predicted octanol–water partition coefficient (Wildman–Crippen LogP) is 3.71. The van der Waals surface area contributed by atoms with Crippen molar-refractivity contribution in [2.75, 3.05) is 0 Å². The molecular formula is C18H15F3N4O2. The van der Waals surface area contributed by atoms with Gasteiger partial charge in [0.05, 0.1) is 11.4 Å². The van der Waals surface area contributed by atoms with Gasteiger partial charge in [0.25, 0.3) is 0 Å². The third kappa shape index (κ3) is 3.67. The van der Waals surface area contributed by atoms with Gasteiger partial charge in [-0.2, -0.15) is 18.3 Å². The Balaban J connectivity index is 2.00. The van der Waals surface area contributed by atoms with Gasteiger partial charge in [0.2, 0.25) is 0 Å². The monoisotopic (exact) mass is 376 g/mol. The van der Waals surface area contributed by atoms with E-state index in [4.69, 9.17) is 5.11 Å². The minimum absolute atomic E-state index is 0.0985. The summed E-state index contributed by atoms with van der Waals surface area (Å²) in [6.45, 7) is 3.61. The molecule has 0 saturated carbocycles. The molecule has 0 radical (unpaired) electrons. The Morgan fingerprint density at radius 2 is 1.59 bits per heavy atom. The molecule has 0 amide bonds. The highest BCUT2D eigenvalue weighted by molar-refractivity contribution is 5.85. The summed E-state index contributed by atoms with van der Waals surface area (Å²) in [6, 6.07) is 10.4. The number of alkyl halides is 3. The van der Waals surface area contributed by atoms with Gasteiger partial charge in [0, 0.05) is 11.6 Å². The number of nitrogens with zero attached hydrogens (tertiary/aromatic N) is 4. The lowest BCUT2D eigenvalue weighted by Crippen LogP contribution is -2.23. The molecule has 9 heteroatoms. The molecule has 3 aromatic heterocycles. The molecule has 1 N–H and O–H groups in total. The molecule has 6 nitrogen and oxygen atoms in total. The van der Waals surface area contributed by atoms with Gasteiger partial charge in [-0.05, 0) is 44.2 Å². The maximum Gasteiger partial charge on any atom is 0.435 e. The van der Waals surface area contributed by atoms with Gasteiger partial charge in [0.1, 0.15) is 5.69 Å². The van der Waals surface area contributed by atoms with Crippen molar-refractivity contribution in [1.29, 1.82) is 0 Å². The van der Waals surface area contributed by atoms with Crippen LogP contribution in [0.4, 0.5) is 13.2 Å². The largest absolute Gasteiger partial charge is 0.477 e. The van der Waals surface area contributed by atoms with Gasteiger partial charge in [-0.1, -0.05) is 12.1 Å². The first-order chi connectivity index (χ1) is 12.6. The van der Waals surface area contributed by atoms with Crippen LogP contribution < -0.4 is 0 Å². The lowest BCUT2D eigenvalue weighted by molar-refractivity contribution is -0.141. The standard InChI is InChI=1S/C18H15F3N4O2/c1-17(2,12-6-3-5-11(22-12)16(26)27)13-7-4-8-15(23-13)25-10-9-14(24-25)18(19,20)21/h3-10H,1-2H3,(H,26,27). The third-order valence-electron chi connectivity index (χ3n) is 4.10. The molecule has 0 fully saturated rings. The highest BCUT2D eigenvalue weighted by Gasteiger charge is 2.34. The Hall–Kier alpha value is -3.23. The summed E-state index contributed by atoms with van der Waals surface area (Å²) in [6.07, 6.45) is -3.35. The average molecular weight is 376 g/mol. The Labute approximate surface area is 152 Å². The normalized spacial score (nSPS) is 12.2. The zero-order valence-corrected chi connectivity index (χ0v) is 14.4. The summed E-state index contributed by atoms with van der Waals surface area (Å²) < 4.78 is 39.3. The first kappa shape index (κ1) is 18.6. The van der Waals surface area contributed by atoms with E-state index in [1.807, 2.05) is 0 Å². The van der Waals surface area contributed by atoms with Crippen LogP contribution in [0.25, 0.3) is 5.82 Å². The van der Waals surface area contributed by atoms with Crippen LogP contribution in [0.15, 0.2) is 48.7 Å². The van der Waals surface area contributed by atoms with E-state index in [1.54, 1.807) is 38.1 Å². The van der Waals surface area contributed by atoms with Gasteiger partial charge in [0.15, 0.2) is 11.5 Å². The van der Waals surface area contributed by atoms with Crippen LogP contribution in [0.5, 0.6) is 0 Å². The number of carboxylic acids is 1. The molecule has 3 aromatic rings. The fraction of sp³-hybridized carbons (Fsp3) is 0.222. The third-order valence-corrected chi connectivity index (χ3v) is 4.10. The molecule has 0 atom stereocenters. The smallest absolute Gasteiger partial charge is 0.435 e. The van der Waals surface area contributed by atoms with Crippen molar-refractivity contribution in [1.82, 2.24) is 19.7 Å². The molecule has 0 aliphatic rings. The Morgan fingerprint density at radius 3 is 2.19 bits per heavy atom. The van der Waals surface area contributed by atoms with Gasteiger partial charge in [-0.3, -0.25) is 0 Å². The molecular weight excluding hydrogens is 361 g/mol. The molecule has 0 spiro atoms. The number of carboxylic acid groups (broad SMARTS) is 1. The number of carbonyl (C=O) groups is 1. The maximum absolute atomic E-state index is 12.8. The average Bonchev–Trinajstić information content (AvgIpc) is 3.12. The van der Waals surface area contributed by atoms with Gasteiger partial charge in [-0.15, -0.1) is 0 Å². The summed E-state index contributed by atoms with van der Waals surface area (Å²) in [5, 5.41) is 12.6. The molecule has 0 unspecified atom stereocenters. The first-order valence-electron chi connectivity index (χ1n) is 7.90. The number of halogens is 3. The summed E-state index contributed by atoms with van der Waals surface area (Å²) in [4.78, 5) is 19.7. The van der Waals surface area contributed by atoms with Crippen LogP contribution in [0, 0.1) is 0 Å². The Kier molecular flexibility index (Phi) is 4.46. The highest BCUT2D eigenvalue weighted by atomic mass is 19.4. The molecule has 3 rings (SSSR count). The molecule has 0 aliphatic carbocycles. The number of hydrogen-bond acceptors (Lipinski definition) is 4. The fourth-order valence-electron chi connectivity index (χ4n) is 2.53. The minimum Gasteiger partial charge on any atom is -0.477 e. The van der Waals surface area contributed by atoms with Gasteiger partial charge >= 0.3 is 12.1 Å². The quantitative estimate of drug-likeness (QED) is 0.751. The van der Waals surface area contributed by atoms with Crippen molar-refractivity contribution in [2.24, 2.45) is 0 Å². The fourth-order valence-corrected chi connectivity index (χ4v) is 2.53. The number of hydrogen-bond donors (Lipinski definition) is 1. The van der Waals surface area contributed by atoms with E-state index in [9.17, 15) is 18.0 Å². The van der Waals surface area contributed by atoms with Crippen molar-refractivity contribution >= 4 is 5.97 Å². The van der Waals surface area contributed by atoms with E-state index in [2.05, 4.69) is 15.1 Å². The minimum atomic E-state index is -4.54. The summed E-state index contributed by atoms with van der Waals surface area (Å²) in [7, 11) is 0. The van der Waals surface area contributed by atoms with Crippen LogP contribution in [-0.2, 0) is 11.6 Å². The lowest BCUT2D eigenvalue weighted by atomic mass is 9.84. The van der Waals surface area contributed by atoms with Crippen molar-refractivity contribution in [2.45, 2.75) is 25.4 Å². The van der Waals surface area contributed by atoms with Crippen molar-refractivity contribution in [3.8, 4) is 5.82 Å². The molecule has 0 bridgehead atoms. The number of rotatable bonds is 4. The van der Waals surface area contributed by atoms with Crippen LogP contribution in [0.1, 0.15) is 41.4 Å². The first-order valence-corrected chi connectivity index (χ1v) is 7.90. The zero-order valence-electron chi connectivity index (χ0n) is 14.4. The van der Waals surface area contributed by atoms with E-state index in [0.29, 0.717) is 11.4 Å². The van der Waals surface area contributed by atoms with E-state index in [-0.39, 0.29) is 11.5 Å². The Morgan fingerprint density at radius 1 is 0.963 bits per heavy atom. The molecule has 0 saturated heterocycles. The summed E-state index contributed by atoms with van der Waals surface area (Å²) in [5.41, 5.74) is -0.896. The van der Waals surface area contributed by atoms with Crippen molar-refractivity contribution < 1.29 is 23.1 Å². The van der Waals surface area contributed by atoms with Gasteiger partial charge < -0.3 is 5.11 Å². The van der Waals surface area contributed by atoms with E-state index < -0.39 is 23.3 Å². The van der Waals surface area contributed by atoms with E-state index in [0.717, 1.165) is 10.7 Å².